The van der Waals surface area contributed by atoms with Crippen LogP contribution in [0.15, 0.2) is 35.1 Å². The molecule has 4 nitrogen and oxygen atoms in total. The van der Waals surface area contributed by atoms with E-state index < -0.39 is 17.3 Å². The van der Waals surface area contributed by atoms with Crippen LogP contribution in [-0.2, 0) is 0 Å². The number of pyridine rings is 1. The molecule has 1 aromatic carbocycles. The number of aromatic amines is 1. The highest BCUT2D eigenvalue weighted by molar-refractivity contribution is 6.35. The maximum Gasteiger partial charge on any atom is 0.272 e. The Morgan fingerprint density at radius 2 is 1.84 bits per heavy atom. The van der Waals surface area contributed by atoms with Crippen molar-refractivity contribution < 1.29 is 9.18 Å². The standard InChI is InChI=1S/C12H7Cl2FN2O2/c13-7-4-6(5-8(14)11(7)15)16-12(19)9-2-1-3-10(18)17-9/h1-5H,(H,16,19)(H,17,18). The van der Waals surface area contributed by atoms with Crippen LogP contribution < -0.4 is 10.9 Å². The van der Waals surface area contributed by atoms with E-state index in [9.17, 15) is 14.0 Å². The number of H-pyrrole nitrogens is 1. The molecule has 1 amide bonds. The maximum absolute atomic E-state index is 13.2. The molecule has 2 N–H and O–H groups in total. The second kappa shape index (κ2) is 5.42. The molecule has 0 bridgehead atoms. The van der Waals surface area contributed by atoms with Gasteiger partial charge in [-0.3, -0.25) is 9.59 Å². The number of amides is 1. The first-order valence-electron chi connectivity index (χ1n) is 5.12. The third-order valence-corrected chi connectivity index (χ3v) is 2.80. The fraction of sp³-hybridized carbons (Fsp3) is 0. The van der Waals surface area contributed by atoms with Gasteiger partial charge in [0.2, 0.25) is 5.56 Å². The Balaban J connectivity index is 2.27. The first-order chi connectivity index (χ1) is 8.97. The van der Waals surface area contributed by atoms with E-state index in [2.05, 4.69) is 10.3 Å². The lowest BCUT2D eigenvalue weighted by molar-refractivity contribution is 0.102. The fourth-order valence-corrected chi connectivity index (χ4v) is 1.89. The third-order valence-electron chi connectivity index (χ3n) is 2.25. The molecule has 2 aromatic rings. The Morgan fingerprint density at radius 3 is 2.42 bits per heavy atom. The van der Waals surface area contributed by atoms with Crippen LogP contribution in [0.1, 0.15) is 10.5 Å². The number of carbonyl (C=O) groups excluding carboxylic acids is 1. The number of rotatable bonds is 2. The van der Waals surface area contributed by atoms with E-state index >= 15 is 0 Å². The minimum atomic E-state index is -0.755. The number of hydrogen-bond donors (Lipinski definition) is 2. The summed E-state index contributed by atoms with van der Waals surface area (Å²) < 4.78 is 13.2. The van der Waals surface area contributed by atoms with Crippen LogP contribution >= 0.6 is 23.2 Å². The molecule has 0 fully saturated rings. The van der Waals surface area contributed by atoms with E-state index in [0.29, 0.717) is 0 Å². The molecular weight excluding hydrogens is 294 g/mol. The zero-order valence-electron chi connectivity index (χ0n) is 9.34. The van der Waals surface area contributed by atoms with Crippen LogP contribution in [0.3, 0.4) is 0 Å². The van der Waals surface area contributed by atoms with Crippen LogP contribution in [0.25, 0.3) is 0 Å². The van der Waals surface area contributed by atoms with Crippen LogP contribution in [0.5, 0.6) is 0 Å². The van der Waals surface area contributed by atoms with Gasteiger partial charge in [0.05, 0.1) is 10.0 Å². The van der Waals surface area contributed by atoms with Gasteiger partial charge in [0.1, 0.15) is 5.69 Å². The molecule has 0 saturated carbocycles. The summed E-state index contributed by atoms with van der Waals surface area (Å²) in [6.07, 6.45) is 0. The lowest BCUT2D eigenvalue weighted by atomic mass is 10.3. The fourth-order valence-electron chi connectivity index (χ4n) is 1.41. The zero-order valence-corrected chi connectivity index (χ0v) is 10.8. The Hall–Kier alpha value is -1.85. The van der Waals surface area contributed by atoms with E-state index in [1.54, 1.807) is 0 Å². The normalized spacial score (nSPS) is 10.3. The smallest absolute Gasteiger partial charge is 0.272 e. The van der Waals surface area contributed by atoms with Gasteiger partial charge in [-0.25, -0.2) is 4.39 Å². The number of aromatic nitrogens is 1. The minimum Gasteiger partial charge on any atom is -0.321 e. The molecule has 0 spiro atoms. The molecule has 1 heterocycles. The predicted octanol–water partition coefficient (Wildman–Crippen LogP) is 3.07. The van der Waals surface area contributed by atoms with Gasteiger partial charge in [-0.15, -0.1) is 0 Å². The number of hydrogen-bond acceptors (Lipinski definition) is 2. The maximum atomic E-state index is 13.2. The van der Waals surface area contributed by atoms with Crippen molar-refractivity contribution in [2.75, 3.05) is 5.32 Å². The molecule has 1 aromatic heterocycles. The van der Waals surface area contributed by atoms with Gasteiger partial charge in [0.15, 0.2) is 5.82 Å². The molecule has 0 unspecified atom stereocenters. The van der Waals surface area contributed by atoms with E-state index in [-0.39, 0.29) is 21.4 Å². The topological polar surface area (TPSA) is 62.0 Å². The van der Waals surface area contributed by atoms with Crippen LogP contribution in [-0.4, -0.2) is 10.9 Å². The number of nitrogens with one attached hydrogen (secondary N) is 2. The summed E-state index contributed by atoms with van der Waals surface area (Å²) in [7, 11) is 0. The largest absolute Gasteiger partial charge is 0.321 e. The first kappa shape index (κ1) is 13.6. The van der Waals surface area contributed by atoms with E-state index in [1.807, 2.05) is 0 Å². The van der Waals surface area contributed by atoms with Crippen molar-refractivity contribution in [1.29, 1.82) is 0 Å². The number of carbonyl (C=O) groups is 1. The highest BCUT2D eigenvalue weighted by Gasteiger charge is 2.11. The Labute approximate surface area is 117 Å². The summed E-state index contributed by atoms with van der Waals surface area (Å²) >= 11 is 11.2. The van der Waals surface area contributed by atoms with Crippen LogP contribution in [0, 0.1) is 5.82 Å². The highest BCUT2D eigenvalue weighted by atomic mass is 35.5. The summed E-state index contributed by atoms with van der Waals surface area (Å²) in [5, 5.41) is 2.04. The minimum absolute atomic E-state index is 0.0732. The van der Waals surface area contributed by atoms with Crippen molar-refractivity contribution in [2.24, 2.45) is 0 Å². The summed E-state index contributed by atoms with van der Waals surface area (Å²) in [6.45, 7) is 0. The van der Waals surface area contributed by atoms with E-state index in [1.165, 1.54) is 30.3 Å². The quantitative estimate of drug-likeness (QED) is 0.837. The third kappa shape index (κ3) is 3.13. The molecular formula is C12H7Cl2FN2O2. The molecule has 19 heavy (non-hydrogen) atoms. The summed E-state index contributed by atoms with van der Waals surface area (Å²) in [6, 6.07) is 6.60. The van der Waals surface area contributed by atoms with Crippen LogP contribution in [0.2, 0.25) is 10.0 Å². The Morgan fingerprint density at radius 1 is 1.21 bits per heavy atom. The molecule has 2 rings (SSSR count). The lowest BCUT2D eigenvalue weighted by Crippen LogP contribution is -2.17. The van der Waals surface area contributed by atoms with Crippen molar-refractivity contribution in [3.63, 3.8) is 0 Å². The number of anilines is 1. The highest BCUT2D eigenvalue weighted by Crippen LogP contribution is 2.27. The van der Waals surface area contributed by atoms with Gasteiger partial charge in [0.25, 0.3) is 5.91 Å². The molecule has 0 radical (unpaired) electrons. The molecule has 0 atom stereocenters. The van der Waals surface area contributed by atoms with Gasteiger partial charge >= 0.3 is 0 Å². The second-order valence-electron chi connectivity index (χ2n) is 3.64. The zero-order chi connectivity index (χ0) is 14.0. The van der Waals surface area contributed by atoms with Gasteiger partial charge in [0, 0.05) is 11.8 Å². The SMILES string of the molecule is O=C(Nc1cc(Cl)c(F)c(Cl)c1)c1cccc(=O)[nH]1. The van der Waals surface area contributed by atoms with Crippen molar-refractivity contribution in [3.05, 3.63) is 62.2 Å². The molecule has 0 saturated heterocycles. The summed E-state index contributed by atoms with van der Waals surface area (Å²) in [5.74, 6) is -1.31. The van der Waals surface area contributed by atoms with Gasteiger partial charge < -0.3 is 10.3 Å². The van der Waals surface area contributed by atoms with Crippen LogP contribution in [0.4, 0.5) is 10.1 Å². The van der Waals surface area contributed by atoms with Crippen molar-refractivity contribution >= 4 is 34.8 Å². The van der Waals surface area contributed by atoms with Crippen molar-refractivity contribution in [2.45, 2.75) is 0 Å². The molecule has 0 aliphatic carbocycles. The average Bonchev–Trinajstić information content (AvgIpc) is 2.36. The second-order valence-corrected chi connectivity index (χ2v) is 4.45. The Kier molecular flexibility index (Phi) is 3.87. The van der Waals surface area contributed by atoms with Gasteiger partial charge in [-0.1, -0.05) is 29.3 Å². The van der Waals surface area contributed by atoms with E-state index in [4.69, 9.17) is 23.2 Å². The molecule has 98 valence electrons. The average molecular weight is 301 g/mol. The molecule has 7 heteroatoms. The predicted molar refractivity (Wildman–Crippen MR) is 71.4 cm³/mol. The summed E-state index contributed by atoms with van der Waals surface area (Å²) in [4.78, 5) is 25.2. The first-order valence-corrected chi connectivity index (χ1v) is 5.88. The lowest BCUT2D eigenvalue weighted by Gasteiger charge is -2.07. The molecule has 0 aliphatic heterocycles. The van der Waals surface area contributed by atoms with Crippen molar-refractivity contribution in [1.82, 2.24) is 4.98 Å². The number of halogens is 3. The van der Waals surface area contributed by atoms with Crippen molar-refractivity contribution in [3.8, 4) is 0 Å². The monoisotopic (exact) mass is 300 g/mol. The van der Waals surface area contributed by atoms with Gasteiger partial charge in [-0.2, -0.15) is 0 Å². The molecule has 0 aliphatic rings. The Bertz CT molecular complexity index is 677. The van der Waals surface area contributed by atoms with Gasteiger partial charge in [-0.05, 0) is 18.2 Å². The van der Waals surface area contributed by atoms with E-state index in [0.717, 1.165) is 0 Å². The summed E-state index contributed by atoms with van der Waals surface area (Å²) in [5.41, 5.74) is -0.0991. The number of benzene rings is 1.